The van der Waals surface area contributed by atoms with Crippen molar-refractivity contribution in [3.8, 4) is 11.4 Å². The first kappa shape index (κ1) is 16.0. The normalized spacial score (nSPS) is 11.5. The van der Waals surface area contributed by atoms with Crippen LogP contribution in [0.5, 0.6) is 5.75 Å². The summed E-state index contributed by atoms with van der Waals surface area (Å²) in [4.78, 5) is 4.67. The van der Waals surface area contributed by atoms with E-state index in [9.17, 15) is 0 Å². The topological polar surface area (TPSA) is 57.8 Å². The molecule has 6 nitrogen and oxygen atoms in total. The Kier molecular flexibility index (Phi) is 4.46. The van der Waals surface area contributed by atoms with E-state index in [-0.39, 0.29) is 5.92 Å². The lowest BCUT2D eigenvalue weighted by molar-refractivity contribution is 0.411. The van der Waals surface area contributed by atoms with Crippen molar-refractivity contribution in [3.63, 3.8) is 0 Å². The molecule has 0 aliphatic heterocycles. The highest BCUT2D eigenvalue weighted by Gasteiger charge is 2.15. The van der Waals surface area contributed by atoms with Crippen LogP contribution in [0.15, 0.2) is 36.7 Å². The Bertz CT molecular complexity index is 860. The Morgan fingerprint density at radius 1 is 1.17 bits per heavy atom. The van der Waals surface area contributed by atoms with Gasteiger partial charge in [0, 0.05) is 24.7 Å². The second-order valence-electron chi connectivity index (χ2n) is 5.85. The summed E-state index contributed by atoms with van der Waals surface area (Å²) in [5.41, 5.74) is 1.88. The second kappa shape index (κ2) is 6.70. The minimum absolute atomic E-state index is 0.242. The van der Waals surface area contributed by atoms with Gasteiger partial charge < -0.3 is 4.74 Å². The van der Waals surface area contributed by atoms with Gasteiger partial charge in [-0.3, -0.25) is 4.68 Å². The largest absolute Gasteiger partial charge is 0.494 e. The Balaban J connectivity index is 2.06. The van der Waals surface area contributed by atoms with Gasteiger partial charge in [-0.15, -0.1) is 0 Å². The van der Waals surface area contributed by atoms with Crippen LogP contribution in [0, 0.1) is 0 Å². The molecule has 3 rings (SSSR count). The summed E-state index contributed by atoms with van der Waals surface area (Å²) in [6.45, 7) is 4.16. The Hall–Kier alpha value is -2.89. The van der Waals surface area contributed by atoms with Crippen LogP contribution in [0.25, 0.3) is 17.8 Å². The molecule has 0 saturated carbocycles. The van der Waals surface area contributed by atoms with Crippen molar-refractivity contribution in [2.45, 2.75) is 19.8 Å². The zero-order valence-corrected chi connectivity index (χ0v) is 14.3. The van der Waals surface area contributed by atoms with Crippen LogP contribution < -0.4 is 4.74 Å². The van der Waals surface area contributed by atoms with Gasteiger partial charge in [0.2, 0.25) is 0 Å². The molecule has 0 aliphatic rings. The van der Waals surface area contributed by atoms with Gasteiger partial charge in [-0.25, -0.2) is 9.67 Å². The van der Waals surface area contributed by atoms with Crippen molar-refractivity contribution in [2.24, 2.45) is 7.05 Å². The highest BCUT2D eigenvalue weighted by atomic mass is 16.5. The third-order valence-corrected chi connectivity index (χ3v) is 3.63. The zero-order chi connectivity index (χ0) is 17.1. The van der Waals surface area contributed by atoms with Gasteiger partial charge in [-0.1, -0.05) is 26.0 Å². The summed E-state index contributed by atoms with van der Waals surface area (Å²) >= 11 is 0. The van der Waals surface area contributed by atoms with Gasteiger partial charge in [0.25, 0.3) is 0 Å². The first-order valence-electron chi connectivity index (χ1n) is 7.85. The van der Waals surface area contributed by atoms with E-state index in [4.69, 9.17) is 4.74 Å². The van der Waals surface area contributed by atoms with Gasteiger partial charge in [0.15, 0.2) is 11.6 Å². The fourth-order valence-corrected chi connectivity index (χ4v) is 2.37. The van der Waals surface area contributed by atoms with Gasteiger partial charge in [0.05, 0.1) is 13.3 Å². The smallest absolute Gasteiger partial charge is 0.156 e. The van der Waals surface area contributed by atoms with E-state index in [1.165, 1.54) is 0 Å². The summed E-state index contributed by atoms with van der Waals surface area (Å²) in [6, 6.07) is 7.79. The first-order valence-corrected chi connectivity index (χ1v) is 7.85. The number of rotatable bonds is 5. The van der Waals surface area contributed by atoms with Crippen molar-refractivity contribution in [2.75, 3.05) is 7.11 Å². The number of methoxy groups -OCH3 is 1. The molecule has 0 saturated heterocycles. The van der Waals surface area contributed by atoms with Crippen LogP contribution in [0.2, 0.25) is 0 Å². The van der Waals surface area contributed by atoms with Crippen molar-refractivity contribution >= 4 is 12.2 Å². The van der Waals surface area contributed by atoms with Gasteiger partial charge in [-0.2, -0.15) is 10.2 Å². The standard InChI is InChI=1S/C18H21N5O/c1-13(2)18-20-17(10-9-14-11-19-22(3)12-14)23(21-18)15-7-5-6-8-16(15)24-4/h5-13H,1-4H3/b10-9+. The molecule has 0 spiro atoms. The molecule has 3 aromatic rings. The van der Waals surface area contributed by atoms with Crippen LogP contribution in [-0.4, -0.2) is 31.7 Å². The number of hydrogen-bond acceptors (Lipinski definition) is 4. The summed E-state index contributed by atoms with van der Waals surface area (Å²) in [5.74, 6) is 2.55. The molecule has 2 heterocycles. The molecule has 1 aromatic carbocycles. The fourth-order valence-electron chi connectivity index (χ4n) is 2.37. The number of aryl methyl sites for hydroxylation is 1. The van der Waals surface area contributed by atoms with Crippen LogP contribution in [0.4, 0.5) is 0 Å². The molecule has 2 aromatic heterocycles. The van der Waals surface area contributed by atoms with E-state index < -0.39 is 0 Å². The van der Waals surface area contributed by atoms with Gasteiger partial charge >= 0.3 is 0 Å². The molecular formula is C18H21N5O. The van der Waals surface area contributed by atoms with Crippen molar-refractivity contribution in [1.29, 1.82) is 0 Å². The first-order chi connectivity index (χ1) is 11.6. The molecule has 6 heteroatoms. The number of benzene rings is 1. The quantitative estimate of drug-likeness (QED) is 0.723. The number of aromatic nitrogens is 5. The van der Waals surface area contributed by atoms with Crippen molar-refractivity contribution in [1.82, 2.24) is 24.5 Å². The molecule has 24 heavy (non-hydrogen) atoms. The van der Waals surface area contributed by atoms with E-state index in [0.29, 0.717) is 0 Å². The van der Waals surface area contributed by atoms with Crippen molar-refractivity contribution in [3.05, 3.63) is 53.9 Å². The van der Waals surface area contributed by atoms with Gasteiger partial charge in [0.1, 0.15) is 11.4 Å². The average Bonchev–Trinajstić information content (AvgIpc) is 3.19. The average molecular weight is 323 g/mol. The van der Waals surface area contributed by atoms with E-state index in [1.807, 2.05) is 60.5 Å². The maximum Gasteiger partial charge on any atom is 0.156 e. The summed E-state index contributed by atoms with van der Waals surface area (Å²) < 4.78 is 9.05. The Morgan fingerprint density at radius 3 is 2.62 bits per heavy atom. The van der Waals surface area contributed by atoms with Crippen LogP contribution >= 0.6 is 0 Å². The Morgan fingerprint density at radius 2 is 1.96 bits per heavy atom. The molecule has 0 amide bonds. The maximum atomic E-state index is 5.46. The molecule has 0 N–H and O–H groups in total. The van der Waals surface area contributed by atoms with E-state index in [1.54, 1.807) is 11.8 Å². The highest BCUT2D eigenvalue weighted by Crippen LogP contribution is 2.24. The van der Waals surface area contributed by atoms with E-state index in [0.717, 1.165) is 28.6 Å². The second-order valence-corrected chi connectivity index (χ2v) is 5.85. The summed E-state index contributed by atoms with van der Waals surface area (Å²) in [5, 5.41) is 8.83. The lowest BCUT2D eigenvalue weighted by Gasteiger charge is -2.08. The molecule has 0 fully saturated rings. The number of hydrogen-bond donors (Lipinski definition) is 0. The van der Waals surface area contributed by atoms with Crippen LogP contribution in [0.1, 0.15) is 37.0 Å². The number of ether oxygens (including phenoxy) is 1. The third-order valence-electron chi connectivity index (χ3n) is 3.63. The maximum absolute atomic E-state index is 5.46. The lowest BCUT2D eigenvalue weighted by atomic mass is 10.2. The Labute approximate surface area is 141 Å². The van der Waals surface area contributed by atoms with E-state index in [2.05, 4.69) is 29.0 Å². The molecule has 0 unspecified atom stereocenters. The minimum Gasteiger partial charge on any atom is -0.494 e. The number of nitrogens with zero attached hydrogens (tertiary/aromatic N) is 5. The molecule has 0 atom stereocenters. The summed E-state index contributed by atoms with van der Waals surface area (Å²) in [7, 11) is 3.55. The lowest BCUT2D eigenvalue weighted by Crippen LogP contribution is -2.02. The van der Waals surface area contributed by atoms with Crippen molar-refractivity contribution < 1.29 is 4.74 Å². The third kappa shape index (κ3) is 3.22. The highest BCUT2D eigenvalue weighted by molar-refractivity contribution is 5.67. The minimum atomic E-state index is 0.242. The molecule has 0 radical (unpaired) electrons. The van der Waals surface area contributed by atoms with Gasteiger partial charge in [-0.05, 0) is 24.3 Å². The SMILES string of the molecule is COc1ccccc1-n1nc(C(C)C)nc1/C=C/c1cnn(C)c1. The zero-order valence-electron chi connectivity index (χ0n) is 14.3. The fraction of sp³-hybridized carbons (Fsp3) is 0.278. The number of para-hydroxylation sites is 2. The monoisotopic (exact) mass is 323 g/mol. The molecule has 0 aliphatic carbocycles. The predicted octanol–water partition coefficient (Wildman–Crippen LogP) is 3.30. The van der Waals surface area contributed by atoms with E-state index >= 15 is 0 Å². The van der Waals surface area contributed by atoms with Crippen LogP contribution in [0.3, 0.4) is 0 Å². The molecular weight excluding hydrogens is 302 g/mol. The van der Waals surface area contributed by atoms with Crippen LogP contribution in [-0.2, 0) is 7.05 Å². The molecule has 124 valence electrons. The molecule has 0 bridgehead atoms. The summed E-state index contributed by atoms with van der Waals surface area (Å²) in [6.07, 6.45) is 7.68. The predicted molar refractivity (Wildman–Crippen MR) is 94.1 cm³/mol.